The number of nitrogens with zero attached hydrogens (tertiary/aromatic N) is 4. The van der Waals surface area contributed by atoms with E-state index in [-0.39, 0.29) is 6.04 Å². The first-order chi connectivity index (χ1) is 9.92. The molecule has 2 aromatic heterocycles. The molecular weight excluding hydrogens is 270 g/mol. The summed E-state index contributed by atoms with van der Waals surface area (Å²) >= 11 is 1.70. The third-order valence-electron chi connectivity index (χ3n) is 3.25. The fourth-order valence-electron chi connectivity index (χ4n) is 2.30. The highest BCUT2D eigenvalue weighted by Gasteiger charge is 2.24. The minimum atomic E-state index is 0.0384. The maximum absolute atomic E-state index is 4.08. The summed E-state index contributed by atoms with van der Waals surface area (Å²) in [7, 11) is 0. The van der Waals surface area contributed by atoms with Gasteiger partial charge in [-0.1, -0.05) is 41.5 Å². The Bertz CT molecular complexity index is 745. The van der Waals surface area contributed by atoms with Gasteiger partial charge in [0.05, 0.1) is 0 Å². The summed E-state index contributed by atoms with van der Waals surface area (Å²) < 4.78 is 1.80. The zero-order valence-electron chi connectivity index (χ0n) is 10.5. The molecule has 0 unspecified atom stereocenters. The first-order valence-electron chi connectivity index (χ1n) is 6.27. The molecule has 1 N–H and O–H groups in total. The fraction of sp³-hybridized carbons (Fsp3) is 0.0714. The van der Waals surface area contributed by atoms with Crippen LogP contribution in [-0.2, 0) is 0 Å². The van der Waals surface area contributed by atoms with E-state index in [4.69, 9.17) is 0 Å². The summed E-state index contributed by atoms with van der Waals surface area (Å²) in [4.78, 5) is 1.22. The van der Waals surface area contributed by atoms with E-state index >= 15 is 0 Å². The highest BCUT2D eigenvalue weighted by atomic mass is 32.1. The number of hydrogen-bond donors (Lipinski definition) is 1. The molecule has 0 saturated carbocycles. The van der Waals surface area contributed by atoms with Crippen LogP contribution < -0.4 is 5.32 Å². The van der Waals surface area contributed by atoms with Crippen molar-refractivity contribution in [2.75, 3.05) is 5.32 Å². The smallest absolute Gasteiger partial charge is 0.248 e. The van der Waals surface area contributed by atoms with Crippen molar-refractivity contribution in [3.63, 3.8) is 0 Å². The van der Waals surface area contributed by atoms with Crippen LogP contribution in [0.15, 0.2) is 53.9 Å². The Morgan fingerprint density at radius 3 is 2.80 bits per heavy atom. The molecular formula is C14H11N5S. The quantitative estimate of drug-likeness (QED) is 0.784. The van der Waals surface area contributed by atoms with Crippen LogP contribution in [0, 0.1) is 0 Å². The summed E-state index contributed by atoms with van der Waals surface area (Å²) in [5.41, 5.74) is 2.16. The third-order valence-corrected chi connectivity index (χ3v) is 4.19. The zero-order valence-corrected chi connectivity index (χ0v) is 11.3. The van der Waals surface area contributed by atoms with Gasteiger partial charge in [-0.3, -0.25) is 0 Å². The molecule has 0 spiro atoms. The summed E-state index contributed by atoms with van der Waals surface area (Å²) in [6, 6.07) is 14.4. The van der Waals surface area contributed by atoms with Gasteiger partial charge in [-0.25, -0.2) is 0 Å². The predicted octanol–water partition coefficient (Wildman–Crippen LogP) is 2.79. The number of thiophene rings is 1. The molecule has 0 aliphatic carbocycles. The molecule has 0 radical (unpaired) electrons. The summed E-state index contributed by atoms with van der Waals surface area (Å²) in [5, 5.41) is 17.2. The van der Waals surface area contributed by atoms with Crippen LogP contribution in [0.2, 0.25) is 0 Å². The Labute approximate surface area is 119 Å². The van der Waals surface area contributed by atoms with Gasteiger partial charge in [0, 0.05) is 10.6 Å². The van der Waals surface area contributed by atoms with Crippen LogP contribution in [0.4, 0.5) is 5.95 Å². The van der Waals surface area contributed by atoms with Crippen molar-refractivity contribution in [2.24, 2.45) is 0 Å². The second kappa shape index (κ2) is 4.57. The molecule has 0 fully saturated rings. The molecule has 98 valence electrons. The predicted molar refractivity (Wildman–Crippen MR) is 78.3 cm³/mol. The van der Waals surface area contributed by atoms with Crippen LogP contribution in [0.5, 0.6) is 0 Å². The molecule has 1 aromatic carbocycles. The van der Waals surface area contributed by atoms with Crippen molar-refractivity contribution in [2.45, 2.75) is 6.04 Å². The van der Waals surface area contributed by atoms with Crippen LogP contribution in [0.1, 0.15) is 16.5 Å². The van der Waals surface area contributed by atoms with Crippen LogP contribution >= 0.6 is 11.3 Å². The van der Waals surface area contributed by atoms with Crippen molar-refractivity contribution in [1.82, 2.24) is 20.2 Å². The molecule has 1 aliphatic heterocycles. The second-order valence-electron chi connectivity index (χ2n) is 4.48. The van der Waals surface area contributed by atoms with E-state index in [0.29, 0.717) is 5.95 Å². The van der Waals surface area contributed by atoms with Gasteiger partial charge in [-0.15, -0.1) is 11.3 Å². The number of rotatable bonds is 2. The molecule has 0 amide bonds. The van der Waals surface area contributed by atoms with Crippen LogP contribution in [0.25, 0.3) is 5.70 Å². The second-order valence-corrected chi connectivity index (χ2v) is 5.46. The van der Waals surface area contributed by atoms with Crippen molar-refractivity contribution < 1.29 is 0 Å². The number of benzene rings is 1. The molecule has 3 aromatic rings. The molecule has 20 heavy (non-hydrogen) atoms. The van der Waals surface area contributed by atoms with E-state index in [9.17, 15) is 0 Å². The van der Waals surface area contributed by atoms with Crippen molar-refractivity contribution in [3.05, 3.63) is 64.4 Å². The lowest BCUT2D eigenvalue weighted by Crippen LogP contribution is -2.19. The van der Waals surface area contributed by atoms with Crippen molar-refractivity contribution in [1.29, 1.82) is 0 Å². The zero-order chi connectivity index (χ0) is 13.4. The van der Waals surface area contributed by atoms with Gasteiger partial charge in [0.2, 0.25) is 5.95 Å². The van der Waals surface area contributed by atoms with Gasteiger partial charge < -0.3 is 5.32 Å². The Morgan fingerprint density at radius 2 is 2.00 bits per heavy atom. The molecule has 5 nitrogen and oxygen atoms in total. The summed E-state index contributed by atoms with van der Waals surface area (Å²) in [6.45, 7) is 0. The molecule has 4 rings (SSSR count). The first-order valence-corrected chi connectivity index (χ1v) is 7.15. The standard InChI is InChI=1S/C14H11N5S/c1-2-5-10(6-3-1)11-9-12(13-7-4-8-20-13)19-14(15-11)16-17-18-19/h1-9,12H,(H,15,16,18)/t12-/m1/s1. The summed E-state index contributed by atoms with van der Waals surface area (Å²) in [5.74, 6) is 0.671. The first kappa shape index (κ1) is 11.4. The maximum Gasteiger partial charge on any atom is 0.248 e. The maximum atomic E-state index is 4.08. The molecule has 6 heteroatoms. The van der Waals surface area contributed by atoms with Crippen molar-refractivity contribution in [3.8, 4) is 0 Å². The number of allylic oxidation sites excluding steroid dienone is 1. The van der Waals surface area contributed by atoms with Gasteiger partial charge in [0.1, 0.15) is 6.04 Å². The molecule has 1 aliphatic rings. The highest BCUT2D eigenvalue weighted by Crippen LogP contribution is 2.33. The normalized spacial score (nSPS) is 17.2. The topological polar surface area (TPSA) is 55.6 Å². The van der Waals surface area contributed by atoms with Gasteiger partial charge in [0.15, 0.2) is 0 Å². The number of anilines is 1. The lowest BCUT2D eigenvalue weighted by molar-refractivity contribution is 0.593. The fourth-order valence-corrected chi connectivity index (χ4v) is 3.08. The van der Waals surface area contributed by atoms with Crippen molar-refractivity contribution >= 4 is 23.0 Å². The lowest BCUT2D eigenvalue weighted by Gasteiger charge is -2.22. The number of fused-ring (bicyclic) bond motifs is 1. The average Bonchev–Trinajstić information content (AvgIpc) is 3.18. The Morgan fingerprint density at radius 1 is 1.10 bits per heavy atom. The minimum absolute atomic E-state index is 0.0384. The van der Waals surface area contributed by atoms with Gasteiger partial charge in [0.25, 0.3) is 0 Å². The Hall–Kier alpha value is -2.47. The van der Waals surface area contributed by atoms with E-state index in [1.807, 2.05) is 24.3 Å². The molecule has 0 bridgehead atoms. The van der Waals surface area contributed by atoms with E-state index in [0.717, 1.165) is 11.3 Å². The average molecular weight is 281 g/mol. The Balaban J connectivity index is 1.83. The number of aromatic nitrogens is 4. The SMILES string of the molecule is C1=C(c2ccccc2)Nc2nnnn2[C@H]1c1cccs1. The Kier molecular flexibility index (Phi) is 2.60. The minimum Gasteiger partial charge on any atom is -0.323 e. The largest absolute Gasteiger partial charge is 0.323 e. The van der Waals surface area contributed by atoms with E-state index in [1.165, 1.54) is 4.88 Å². The highest BCUT2D eigenvalue weighted by molar-refractivity contribution is 7.10. The number of hydrogen-bond acceptors (Lipinski definition) is 5. The number of tetrazole rings is 1. The van der Waals surface area contributed by atoms with Gasteiger partial charge in [-0.2, -0.15) is 4.68 Å². The molecule has 0 saturated heterocycles. The van der Waals surface area contributed by atoms with Crippen LogP contribution in [-0.4, -0.2) is 20.2 Å². The van der Waals surface area contributed by atoms with Gasteiger partial charge in [-0.05, 0) is 33.5 Å². The summed E-state index contributed by atoms with van der Waals surface area (Å²) in [6.07, 6.45) is 2.16. The number of nitrogens with one attached hydrogen (secondary N) is 1. The molecule has 3 heterocycles. The monoisotopic (exact) mass is 281 g/mol. The van der Waals surface area contributed by atoms with E-state index in [2.05, 4.69) is 50.5 Å². The van der Waals surface area contributed by atoms with E-state index in [1.54, 1.807) is 16.0 Å². The third kappa shape index (κ3) is 1.81. The van der Waals surface area contributed by atoms with E-state index < -0.39 is 0 Å². The van der Waals surface area contributed by atoms with Crippen LogP contribution in [0.3, 0.4) is 0 Å². The van der Waals surface area contributed by atoms with Gasteiger partial charge >= 0.3 is 0 Å². The lowest BCUT2D eigenvalue weighted by atomic mass is 10.1. The molecule has 1 atom stereocenters.